The van der Waals surface area contributed by atoms with E-state index in [0.29, 0.717) is 5.17 Å². The molecule has 0 aromatic heterocycles. The van der Waals surface area contributed by atoms with Crippen molar-refractivity contribution in [2.75, 3.05) is 5.32 Å². The van der Waals surface area contributed by atoms with Crippen molar-refractivity contribution in [3.63, 3.8) is 0 Å². The lowest BCUT2D eigenvalue weighted by Gasteiger charge is -2.17. The average molecular weight is 399 g/mol. The number of benzene rings is 1. The van der Waals surface area contributed by atoms with E-state index in [0.717, 1.165) is 37.8 Å². The molecule has 1 aliphatic carbocycles. The molecule has 9 heteroatoms. The van der Waals surface area contributed by atoms with Gasteiger partial charge in [-0.3, -0.25) is 14.6 Å². The molecule has 0 radical (unpaired) electrons. The van der Waals surface area contributed by atoms with Crippen molar-refractivity contribution in [1.82, 2.24) is 5.32 Å². The number of rotatable bonds is 4. The van der Waals surface area contributed by atoms with E-state index in [4.69, 9.17) is 0 Å². The van der Waals surface area contributed by atoms with Crippen LogP contribution in [0.4, 0.5) is 18.9 Å². The highest BCUT2D eigenvalue weighted by Crippen LogP contribution is 2.31. The maximum absolute atomic E-state index is 12.7. The van der Waals surface area contributed by atoms with Crippen molar-refractivity contribution >= 4 is 34.4 Å². The SMILES string of the molecule is O=C(CC1SC(=NC2CCCCC2)NC1=O)Nc1cccc(C(F)(F)F)c1. The van der Waals surface area contributed by atoms with E-state index in [1.807, 2.05) is 0 Å². The van der Waals surface area contributed by atoms with E-state index < -0.39 is 22.9 Å². The highest BCUT2D eigenvalue weighted by molar-refractivity contribution is 8.15. The minimum atomic E-state index is -4.48. The summed E-state index contributed by atoms with van der Waals surface area (Å²) in [5, 5.41) is 5.03. The van der Waals surface area contributed by atoms with Gasteiger partial charge in [0, 0.05) is 12.1 Å². The molecule has 27 heavy (non-hydrogen) atoms. The number of hydrogen-bond acceptors (Lipinski definition) is 4. The van der Waals surface area contributed by atoms with E-state index in [-0.39, 0.29) is 24.1 Å². The first-order chi connectivity index (χ1) is 12.8. The highest BCUT2D eigenvalue weighted by atomic mass is 32.2. The molecule has 0 spiro atoms. The van der Waals surface area contributed by atoms with Crippen molar-refractivity contribution in [1.29, 1.82) is 0 Å². The van der Waals surface area contributed by atoms with Crippen LogP contribution in [0.1, 0.15) is 44.1 Å². The van der Waals surface area contributed by atoms with Crippen molar-refractivity contribution in [2.24, 2.45) is 4.99 Å². The zero-order valence-electron chi connectivity index (χ0n) is 14.5. The number of carbonyl (C=O) groups excluding carboxylic acids is 2. The Bertz CT molecular complexity index is 746. The molecule has 2 N–H and O–H groups in total. The second kappa shape index (κ2) is 8.33. The molecule has 1 aliphatic heterocycles. The molecule has 1 unspecified atom stereocenters. The lowest BCUT2D eigenvalue weighted by molar-refractivity contribution is -0.137. The summed E-state index contributed by atoms with van der Waals surface area (Å²) in [6, 6.07) is 4.62. The van der Waals surface area contributed by atoms with Gasteiger partial charge in [0.2, 0.25) is 11.8 Å². The van der Waals surface area contributed by atoms with Crippen LogP contribution in [0.3, 0.4) is 0 Å². The minimum Gasteiger partial charge on any atom is -0.326 e. The number of nitrogens with zero attached hydrogens (tertiary/aromatic N) is 1. The second-order valence-electron chi connectivity index (χ2n) is 6.65. The molecule has 5 nitrogen and oxygen atoms in total. The number of halogens is 3. The Morgan fingerprint density at radius 2 is 2.00 bits per heavy atom. The Hall–Kier alpha value is -2.03. The van der Waals surface area contributed by atoms with E-state index in [2.05, 4.69) is 15.6 Å². The lowest BCUT2D eigenvalue weighted by Crippen LogP contribution is -2.28. The molecule has 2 amide bonds. The van der Waals surface area contributed by atoms with Gasteiger partial charge in [-0.1, -0.05) is 37.1 Å². The summed E-state index contributed by atoms with van der Waals surface area (Å²) >= 11 is 1.21. The fraction of sp³-hybridized carbons (Fsp3) is 0.500. The Morgan fingerprint density at radius 3 is 2.70 bits per heavy atom. The second-order valence-corrected chi connectivity index (χ2v) is 7.84. The first kappa shape index (κ1) is 19.7. The molecule has 2 fully saturated rings. The lowest BCUT2D eigenvalue weighted by atomic mass is 9.96. The van der Waals surface area contributed by atoms with Crippen molar-refractivity contribution in [2.45, 2.75) is 56.0 Å². The van der Waals surface area contributed by atoms with Gasteiger partial charge in [0.1, 0.15) is 5.25 Å². The molecule has 1 aromatic carbocycles. The van der Waals surface area contributed by atoms with Gasteiger partial charge in [-0.25, -0.2) is 0 Å². The summed E-state index contributed by atoms with van der Waals surface area (Å²) in [5.41, 5.74) is -0.787. The number of carbonyl (C=O) groups is 2. The third-order valence-electron chi connectivity index (χ3n) is 4.50. The first-order valence-electron chi connectivity index (χ1n) is 8.84. The van der Waals surface area contributed by atoms with E-state index in [1.54, 1.807) is 0 Å². The summed E-state index contributed by atoms with van der Waals surface area (Å²) in [6.07, 6.45) is 0.856. The fourth-order valence-corrected chi connectivity index (χ4v) is 4.17. The van der Waals surface area contributed by atoms with Crippen LogP contribution in [-0.4, -0.2) is 28.3 Å². The maximum Gasteiger partial charge on any atom is 0.416 e. The van der Waals surface area contributed by atoms with Crippen LogP contribution in [0.15, 0.2) is 29.3 Å². The molecule has 1 aromatic rings. The summed E-state index contributed by atoms with van der Waals surface area (Å²) in [4.78, 5) is 28.8. The Balaban J connectivity index is 1.56. The van der Waals surface area contributed by atoms with Crippen molar-refractivity contribution < 1.29 is 22.8 Å². The predicted octanol–water partition coefficient (Wildman–Crippen LogP) is 3.95. The zero-order chi connectivity index (χ0) is 19.4. The monoisotopic (exact) mass is 399 g/mol. The Morgan fingerprint density at radius 1 is 1.26 bits per heavy atom. The molecule has 1 saturated heterocycles. The molecule has 1 atom stereocenters. The van der Waals surface area contributed by atoms with Crippen LogP contribution in [0, 0.1) is 0 Å². The summed E-state index contributed by atoms with van der Waals surface area (Å²) in [7, 11) is 0. The average Bonchev–Trinajstić information content (AvgIpc) is 2.94. The summed E-state index contributed by atoms with van der Waals surface area (Å²) in [6.45, 7) is 0. The van der Waals surface area contributed by atoms with Crippen LogP contribution in [0.25, 0.3) is 0 Å². The van der Waals surface area contributed by atoms with Gasteiger partial charge < -0.3 is 10.6 Å². The fourth-order valence-electron chi connectivity index (χ4n) is 3.13. The number of hydrogen-bond donors (Lipinski definition) is 2. The van der Waals surface area contributed by atoms with Gasteiger partial charge in [-0.2, -0.15) is 13.2 Å². The number of nitrogens with one attached hydrogen (secondary N) is 2. The van der Waals surface area contributed by atoms with Crippen LogP contribution in [-0.2, 0) is 15.8 Å². The third-order valence-corrected chi connectivity index (χ3v) is 5.59. The van der Waals surface area contributed by atoms with Crippen molar-refractivity contribution in [3.8, 4) is 0 Å². The van der Waals surface area contributed by atoms with Crippen LogP contribution in [0.2, 0.25) is 0 Å². The normalized spacial score (nSPS) is 22.7. The number of alkyl halides is 3. The molecule has 3 rings (SSSR count). The largest absolute Gasteiger partial charge is 0.416 e. The highest BCUT2D eigenvalue weighted by Gasteiger charge is 2.33. The quantitative estimate of drug-likeness (QED) is 0.805. The molecule has 0 bridgehead atoms. The van der Waals surface area contributed by atoms with E-state index in [9.17, 15) is 22.8 Å². The molecular formula is C18H20F3N3O2S. The summed E-state index contributed by atoms with van der Waals surface area (Å²) < 4.78 is 38.2. The Kier molecular flexibility index (Phi) is 6.08. The number of aliphatic imine (C=N–C) groups is 1. The molecule has 1 saturated carbocycles. The third kappa shape index (κ3) is 5.47. The van der Waals surface area contributed by atoms with Gasteiger partial charge in [-0.15, -0.1) is 0 Å². The van der Waals surface area contributed by atoms with E-state index in [1.165, 1.54) is 30.3 Å². The maximum atomic E-state index is 12.7. The van der Waals surface area contributed by atoms with Gasteiger partial charge >= 0.3 is 6.18 Å². The van der Waals surface area contributed by atoms with Gasteiger partial charge in [-0.05, 0) is 31.0 Å². The van der Waals surface area contributed by atoms with Crippen LogP contribution < -0.4 is 10.6 Å². The standard InChI is InChI=1S/C18H20F3N3O2S/c19-18(20,21)11-5-4-8-13(9-11)22-15(25)10-14-16(26)24-17(27-14)23-12-6-2-1-3-7-12/h4-5,8-9,12,14H,1-3,6-7,10H2,(H,22,25)(H,23,24,26). The molecular weight excluding hydrogens is 379 g/mol. The Labute approximate surface area is 159 Å². The number of anilines is 1. The molecule has 1 heterocycles. The van der Waals surface area contributed by atoms with Crippen molar-refractivity contribution in [3.05, 3.63) is 29.8 Å². The minimum absolute atomic E-state index is 0.0503. The number of amidine groups is 1. The smallest absolute Gasteiger partial charge is 0.326 e. The van der Waals surface area contributed by atoms with Crippen LogP contribution in [0.5, 0.6) is 0 Å². The number of thioether (sulfide) groups is 1. The summed E-state index contributed by atoms with van der Waals surface area (Å²) in [5.74, 6) is -0.811. The topological polar surface area (TPSA) is 70.6 Å². The van der Waals surface area contributed by atoms with Gasteiger partial charge in [0.15, 0.2) is 5.17 Å². The zero-order valence-corrected chi connectivity index (χ0v) is 15.3. The van der Waals surface area contributed by atoms with Gasteiger partial charge in [0.25, 0.3) is 0 Å². The van der Waals surface area contributed by atoms with E-state index >= 15 is 0 Å². The molecule has 146 valence electrons. The van der Waals surface area contributed by atoms with Crippen LogP contribution >= 0.6 is 11.8 Å². The first-order valence-corrected chi connectivity index (χ1v) is 9.71. The van der Waals surface area contributed by atoms with Gasteiger partial charge in [0.05, 0.1) is 11.6 Å². The number of amides is 2. The molecule has 2 aliphatic rings. The predicted molar refractivity (Wildman–Crippen MR) is 98.5 cm³/mol.